The van der Waals surface area contributed by atoms with E-state index >= 15 is 0 Å². The average molecular weight is 498 g/mol. The highest BCUT2D eigenvalue weighted by molar-refractivity contribution is 7.76. The second kappa shape index (κ2) is 26.5. The van der Waals surface area contributed by atoms with Crippen molar-refractivity contribution in [3.63, 3.8) is 0 Å². The molecule has 1 atom stereocenters. The number of hydrogen-bond acceptors (Lipinski definition) is 0. The summed E-state index contributed by atoms with van der Waals surface area (Å²) in [6.07, 6.45) is 40.3. The van der Waals surface area contributed by atoms with E-state index in [2.05, 4.69) is 34.6 Å². The molecule has 1 unspecified atom stereocenters. The molecular weight excluding hydrogens is 427 g/mol. The maximum Gasteiger partial charge on any atom is 0.0669 e. The van der Waals surface area contributed by atoms with Crippen LogP contribution in [-0.2, 0) is 0 Å². The molecule has 0 rings (SSSR count). The van der Waals surface area contributed by atoms with E-state index in [1.54, 1.807) is 24.9 Å². The number of rotatable bonds is 28. The van der Waals surface area contributed by atoms with Crippen LogP contribution in [0.15, 0.2) is 0 Å². The van der Waals surface area contributed by atoms with Gasteiger partial charge in [0.25, 0.3) is 0 Å². The molecule has 0 radical (unpaired) electrons. The molecule has 0 bridgehead atoms. The molecule has 0 aliphatic heterocycles. The van der Waals surface area contributed by atoms with E-state index in [1.165, 1.54) is 148 Å². The van der Waals surface area contributed by atoms with Crippen molar-refractivity contribution in [3.8, 4) is 0 Å². The van der Waals surface area contributed by atoms with Gasteiger partial charge in [-0.2, -0.15) is 0 Å². The van der Waals surface area contributed by atoms with Gasteiger partial charge in [-0.05, 0) is 58.3 Å². The molecule has 0 heterocycles. The van der Waals surface area contributed by atoms with Crippen LogP contribution in [0.1, 0.15) is 189 Å². The molecule has 34 heavy (non-hydrogen) atoms. The molecule has 0 saturated heterocycles. The van der Waals surface area contributed by atoms with Gasteiger partial charge in [-0.15, -0.1) is 0 Å². The van der Waals surface area contributed by atoms with Crippen molar-refractivity contribution < 1.29 is 0 Å². The SMILES string of the molecule is CCCCCCCCCCCCCC[P+](CCCCCC)(CCCCCC)C(C)CCCCC. The fourth-order valence-electron chi connectivity index (χ4n) is 5.93. The van der Waals surface area contributed by atoms with Crippen LogP contribution in [0.5, 0.6) is 0 Å². The molecule has 0 nitrogen and oxygen atoms in total. The molecule has 0 fully saturated rings. The van der Waals surface area contributed by atoms with E-state index in [-0.39, 0.29) is 0 Å². The standard InChI is InChI=1S/C33H70P/c1-6-10-14-17-18-19-20-21-22-23-24-28-32-34(30-26-15-11-7-2,31-27-16-12-8-3)33(5)29-25-13-9-4/h33H,6-32H2,1-5H3/q+1. The fraction of sp³-hybridized carbons (Fsp3) is 1.00. The molecule has 0 saturated carbocycles. The first-order valence-electron chi connectivity index (χ1n) is 16.5. The zero-order valence-corrected chi connectivity index (χ0v) is 26.0. The van der Waals surface area contributed by atoms with Gasteiger partial charge in [-0.3, -0.25) is 0 Å². The molecular formula is C33H70P+. The van der Waals surface area contributed by atoms with E-state index in [1.807, 2.05) is 0 Å². The highest BCUT2D eigenvalue weighted by Crippen LogP contribution is 2.66. The zero-order valence-electron chi connectivity index (χ0n) is 25.1. The molecule has 0 aromatic heterocycles. The smallest absolute Gasteiger partial charge is 0.0654 e. The Balaban J connectivity index is 4.53. The summed E-state index contributed by atoms with van der Waals surface area (Å²) in [5, 5.41) is 0. The van der Waals surface area contributed by atoms with Gasteiger partial charge in [0.2, 0.25) is 0 Å². The van der Waals surface area contributed by atoms with Crippen molar-refractivity contribution >= 4 is 7.26 Å². The lowest BCUT2D eigenvalue weighted by Gasteiger charge is -2.34. The molecule has 0 amide bonds. The monoisotopic (exact) mass is 498 g/mol. The molecule has 206 valence electrons. The molecule has 0 spiro atoms. The second-order valence-electron chi connectivity index (χ2n) is 11.7. The van der Waals surface area contributed by atoms with Crippen LogP contribution < -0.4 is 0 Å². The van der Waals surface area contributed by atoms with Crippen LogP contribution in [0, 0.1) is 0 Å². The molecule has 0 aromatic carbocycles. The Labute approximate surface area is 220 Å². The quantitative estimate of drug-likeness (QED) is 0.0744. The molecule has 0 aliphatic rings. The van der Waals surface area contributed by atoms with Gasteiger partial charge < -0.3 is 0 Å². The fourth-order valence-corrected chi connectivity index (χ4v) is 11.2. The summed E-state index contributed by atoms with van der Waals surface area (Å²) in [4.78, 5) is 0. The summed E-state index contributed by atoms with van der Waals surface area (Å²) in [6, 6.07) is 0. The minimum atomic E-state index is -0.788. The lowest BCUT2D eigenvalue weighted by atomic mass is 10.1. The second-order valence-corrected chi connectivity index (χ2v) is 16.4. The summed E-state index contributed by atoms with van der Waals surface area (Å²) < 4.78 is 0. The van der Waals surface area contributed by atoms with Crippen molar-refractivity contribution in [3.05, 3.63) is 0 Å². The minimum absolute atomic E-state index is 0.788. The molecule has 0 aromatic rings. The Kier molecular flexibility index (Phi) is 26.8. The van der Waals surface area contributed by atoms with Crippen molar-refractivity contribution in [2.75, 3.05) is 18.5 Å². The summed E-state index contributed by atoms with van der Waals surface area (Å²) >= 11 is 0. The van der Waals surface area contributed by atoms with Crippen molar-refractivity contribution in [1.29, 1.82) is 0 Å². The lowest BCUT2D eigenvalue weighted by molar-refractivity contribution is 0.547. The van der Waals surface area contributed by atoms with Crippen molar-refractivity contribution in [2.24, 2.45) is 0 Å². The van der Waals surface area contributed by atoms with Gasteiger partial charge in [-0.25, -0.2) is 0 Å². The van der Waals surface area contributed by atoms with Gasteiger partial charge >= 0.3 is 0 Å². The maximum absolute atomic E-state index is 2.70. The Morgan fingerprint density at radius 1 is 0.353 bits per heavy atom. The zero-order chi connectivity index (χ0) is 25.2. The third-order valence-electron chi connectivity index (χ3n) is 8.53. The minimum Gasteiger partial charge on any atom is -0.0654 e. The molecule has 0 N–H and O–H groups in total. The first kappa shape index (κ1) is 34.4. The average Bonchev–Trinajstić information content (AvgIpc) is 2.84. The summed E-state index contributed by atoms with van der Waals surface area (Å²) in [5.41, 5.74) is 1.04. The Hall–Kier alpha value is 0.430. The lowest BCUT2D eigenvalue weighted by Crippen LogP contribution is -2.20. The van der Waals surface area contributed by atoms with Crippen LogP contribution in [-0.4, -0.2) is 24.1 Å². The Bertz CT molecular complexity index is 365. The van der Waals surface area contributed by atoms with E-state index in [9.17, 15) is 0 Å². The predicted octanol–water partition coefficient (Wildman–Crippen LogP) is 12.8. The van der Waals surface area contributed by atoms with Crippen LogP contribution >= 0.6 is 7.26 Å². The first-order valence-corrected chi connectivity index (χ1v) is 18.9. The van der Waals surface area contributed by atoms with Gasteiger partial charge in [0.1, 0.15) is 0 Å². The Morgan fingerprint density at radius 2 is 0.618 bits per heavy atom. The maximum atomic E-state index is 2.70. The van der Waals surface area contributed by atoms with Gasteiger partial charge in [0, 0.05) is 7.26 Å². The third kappa shape index (κ3) is 19.6. The number of unbranched alkanes of at least 4 members (excludes halogenated alkanes) is 19. The van der Waals surface area contributed by atoms with Crippen LogP contribution in [0.25, 0.3) is 0 Å². The number of hydrogen-bond donors (Lipinski definition) is 0. The van der Waals surface area contributed by atoms with Gasteiger partial charge in [-0.1, -0.05) is 130 Å². The summed E-state index contributed by atoms with van der Waals surface area (Å²) in [6.45, 7) is 12.1. The Morgan fingerprint density at radius 3 is 0.971 bits per heavy atom. The summed E-state index contributed by atoms with van der Waals surface area (Å²) in [5.74, 6) is 0. The van der Waals surface area contributed by atoms with Crippen LogP contribution in [0.3, 0.4) is 0 Å². The normalized spacial score (nSPS) is 13.0. The highest BCUT2D eigenvalue weighted by Gasteiger charge is 2.41. The molecule has 1 heteroatoms. The largest absolute Gasteiger partial charge is 0.0669 e. The highest BCUT2D eigenvalue weighted by atomic mass is 31.2. The summed E-state index contributed by atoms with van der Waals surface area (Å²) in [7, 11) is -0.788. The van der Waals surface area contributed by atoms with E-state index in [0.29, 0.717) is 0 Å². The third-order valence-corrected chi connectivity index (χ3v) is 14.3. The van der Waals surface area contributed by atoms with Crippen molar-refractivity contribution in [1.82, 2.24) is 0 Å². The van der Waals surface area contributed by atoms with E-state index in [0.717, 1.165) is 5.66 Å². The van der Waals surface area contributed by atoms with Crippen molar-refractivity contribution in [2.45, 2.75) is 194 Å². The molecule has 0 aliphatic carbocycles. The predicted molar refractivity (Wildman–Crippen MR) is 164 cm³/mol. The van der Waals surface area contributed by atoms with E-state index in [4.69, 9.17) is 0 Å². The van der Waals surface area contributed by atoms with Gasteiger partial charge in [0.05, 0.1) is 24.1 Å². The van der Waals surface area contributed by atoms with Crippen LogP contribution in [0.4, 0.5) is 0 Å². The first-order chi connectivity index (χ1) is 16.7. The van der Waals surface area contributed by atoms with E-state index < -0.39 is 7.26 Å². The topological polar surface area (TPSA) is 0 Å². The van der Waals surface area contributed by atoms with Crippen LogP contribution in [0.2, 0.25) is 0 Å². The van der Waals surface area contributed by atoms with Gasteiger partial charge in [0.15, 0.2) is 0 Å².